The Hall–Kier alpha value is -3.61. The maximum Gasteiger partial charge on any atom is 0.273 e. The fraction of sp³-hybridized carbons (Fsp3) is 0.346. The van der Waals surface area contributed by atoms with Gasteiger partial charge in [0.15, 0.2) is 11.5 Å². The number of nitrogens with zero attached hydrogens (tertiary/aromatic N) is 2. The molecule has 0 spiro atoms. The van der Waals surface area contributed by atoms with Crippen LogP contribution in [0.4, 0.5) is 0 Å². The molecule has 4 rings (SSSR count). The Labute approximate surface area is 193 Å². The summed E-state index contributed by atoms with van der Waals surface area (Å²) in [5, 5.41) is 6.81. The third kappa shape index (κ3) is 5.80. The number of amides is 2. The quantitative estimate of drug-likeness (QED) is 0.530. The first-order chi connectivity index (χ1) is 16.1. The van der Waals surface area contributed by atoms with Crippen molar-refractivity contribution in [1.29, 1.82) is 0 Å². The molecule has 0 aliphatic heterocycles. The van der Waals surface area contributed by atoms with Crippen LogP contribution in [0.1, 0.15) is 57.9 Å². The van der Waals surface area contributed by atoms with Gasteiger partial charge in [-0.25, -0.2) is 0 Å². The summed E-state index contributed by atoms with van der Waals surface area (Å²) < 4.78 is 10.6. The molecule has 2 amide bonds. The molecule has 172 valence electrons. The lowest BCUT2D eigenvalue weighted by Crippen LogP contribution is -2.38. The number of rotatable bonds is 9. The van der Waals surface area contributed by atoms with Gasteiger partial charge in [0.05, 0.1) is 13.7 Å². The molecule has 1 aromatic heterocycles. The van der Waals surface area contributed by atoms with Gasteiger partial charge in [0, 0.05) is 24.2 Å². The molecule has 1 aliphatic carbocycles. The molecular formula is C26H29N3O4. The van der Waals surface area contributed by atoms with E-state index in [0.717, 1.165) is 37.0 Å². The van der Waals surface area contributed by atoms with Crippen molar-refractivity contribution in [3.63, 3.8) is 0 Å². The van der Waals surface area contributed by atoms with Gasteiger partial charge in [-0.3, -0.25) is 9.59 Å². The molecule has 1 aliphatic rings. The van der Waals surface area contributed by atoms with E-state index >= 15 is 0 Å². The summed E-state index contributed by atoms with van der Waals surface area (Å²) in [6.07, 6.45) is 4.88. The topological polar surface area (TPSA) is 84.7 Å². The lowest BCUT2D eigenvalue weighted by molar-refractivity contribution is 0.0643. The molecule has 7 nitrogen and oxygen atoms in total. The Morgan fingerprint density at radius 2 is 1.82 bits per heavy atom. The Balaban J connectivity index is 1.36. The van der Waals surface area contributed by atoms with E-state index in [4.69, 9.17) is 9.26 Å². The van der Waals surface area contributed by atoms with Crippen molar-refractivity contribution in [1.82, 2.24) is 15.4 Å². The summed E-state index contributed by atoms with van der Waals surface area (Å²) in [5.41, 5.74) is 1.97. The molecule has 2 aromatic carbocycles. The maximum absolute atomic E-state index is 13.2. The van der Waals surface area contributed by atoms with Gasteiger partial charge >= 0.3 is 0 Å². The zero-order valence-electron chi connectivity index (χ0n) is 18.8. The van der Waals surface area contributed by atoms with Gasteiger partial charge in [0.2, 0.25) is 0 Å². The molecule has 0 radical (unpaired) electrons. The maximum atomic E-state index is 13.2. The third-order valence-electron chi connectivity index (χ3n) is 6.02. The van der Waals surface area contributed by atoms with Crippen molar-refractivity contribution >= 4 is 11.8 Å². The fourth-order valence-corrected chi connectivity index (χ4v) is 4.19. The monoisotopic (exact) mass is 447 g/mol. The van der Waals surface area contributed by atoms with Crippen LogP contribution in [0.15, 0.2) is 65.2 Å². The molecule has 33 heavy (non-hydrogen) atoms. The molecule has 1 heterocycles. The average Bonchev–Trinajstić information content (AvgIpc) is 3.56. The molecule has 1 saturated carbocycles. The smallest absolute Gasteiger partial charge is 0.273 e. The van der Waals surface area contributed by atoms with Crippen molar-refractivity contribution in [2.75, 3.05) is 13.7 Å². The van der Waals surface area contributed by atoms with E-state index in [9.17, 15) is 9.59 Å². The first-order valence-corrected chi connectivity index (χ1v) is 11.4. The van der Waals surface area contributed by atoms with E-state index in [2.05, 4.69) is 10.5 Å². The average molecular weight is 448 g/mol. The molecular weight excluding hydrogens is 418 g/mol. The highest BCUT2D eigenvalue weighted by Gasteiger charge is 2.29. The van der Waals surface area contributed by atoms with E-state index in [0.29, 0.717) is 30.8 Å². The van der Waals surface area contributed by atoms with Crippen molar-refractivity contribution in [3.8, 4) is 5.75 Å². The summed E-state index contributed by atoms with van der Waals surface area (Å²) in [6.45, 7) is 0.776. The highest BCUT2D eigenvalue weighted by Crippen LogP contribution is 2.26. The minimum atomic E-state index is -0.291. The van der Waals surface area contributed by atoms with Crippen molar-refractivity contribution < 1.29 is 18.8 Å². The van der Waals surface area contributed by atoms with E-state index < -0.39 is 0 Å². The molecule has 0 atom stereocenters. The van der Waals surface area contributed by atoms with Crippen LogP contribution in [-0.2, 0) is 13.0 Å². The molecule has 0 saturated heterocycles. The lowest BCUT2D eigenvalue weighted by Gasteiger charge is -2.28. The minimum Gasteiger partial charge on any atom is -0.497 e. The third-order valence-corrected chi connectivity index (χ3v) is 6.02. The van der Waals surface area contributed by atoms with Crippen LogP contribution in [0.5, 0.6) is 5.75 Å². The number of methoxy groups -OCH3 is 1. The van der Waals surface area contributed by atoms with Gasteiger partial charge in [-0.2, -0.15) is 0 Å². The lowest BCUT2D eigenvalue weighted by atomic mass is 10.1. The second-order valence-electron chi connectivity index (χ2n) is 8.27. The number of carbonyl (C=O) groups excluding carboxylic acids is 2. The molecule has 3 aromatic rings. The van der Waals surface area contributed by atoms with Crippen molar-refractivity contribution in [2.45, 2.75) is 44.7 Å². The largest absolute Gasteiger partial charge is 0.497 e. The van der Waals surface area contributed by atoms with Crippen molar-refractivity contribution in [2.24, 2.45) is 0 Å². The fourth-order valence-electron chi connectivity index (χ4n) is 4.19. The molecule has 7 heteroatoms. The molecule has 1 N–H and O–H groups in total. The predicted octanol–water partition coefficient (Wildman–Crippen LogP) is 4.24. The number of carbonyl (C=O) groups is 2. The predicted molar refractivity (Wildman–Crippen MR) is 124 cm³/mol. The Kier molecular flexibility index (Phi) is 7.40. The highest BCUT2D eigenvalue weighted by atomic mass is 16.5. The van der Waals surface area contributed by atoms with Crippen LogP contribution in [0.3, 0.4) is 0 Å². The number of aromatic nitrogens is 1. The van der Waals surface area contributed by atoms with Crippen molar-refractivity contribution in [3.05, 3.63) is 83.2 Å². The molecule has 0 bridgehead atoms. The van der Waals surface area contributed by atoms with Crippen LogP contribution in [-0.4, -0.2) is 41.6 Å². The van der Waals surface area contributed by atoms with Gasteiger partial charge in [0.25, 0.3) is 11.8 Å². The van der Waals surface area contributed by atoms with E-state index in [1.165, 1.54) is 0 Å². The summed E-state index contributed by atoms with van der Waals surface area (Å²) >= 11 is 0. The normalized spacial score (nSPS) is 13.6. The Morgan fingerprint density at radius 1 is 1.09 bits per heavy atom. The number of hydrogen-bond acceptors (Lipinski definition) is 5. The summed E-state index contributed by atoms with van der Waals surface area (Å²) in [5.74, 6) is 0.992. The summed E-state index contributed by atoms with van der Waals surface area (Å²) in [4.78, 5) is 27.5. The van der Waals surface area contributed by atoms with E-state index in [-0.39, 0.29) is 23.6 Å². The van der Waals surface area contributed by atoms with Crippen LogP contribution in [0.2, 0.25) is 0 Å². The standard InChI is InChI=1S/C26H29N3O4/c1-32-22-13-11-19(12-14-22)15-16-27-25(30)24-17-23(33-28-24)18-29(21-9-5-6-10-21)26(31)20-7-3-2-4-8-20/h2-4,7-8,11-14,17,21H,5-6,9-10,15-16,18H2,1H3,(H,27,30). The number of ether oxygens (including phenoxy) is 1. The van der Waals surface area contributed by atoms with Gasteiger partial charge in [0.1, 0.15) is 5.75 Å². The van der Waals surface area contributed by atoms with Gasteiger partial charge < -0.3 is 19.5 Å². The number of nitrogens with one attached hydrogen (secondary N) is 1. The van der Waals surface area contributed by atoms with Crippen LogP contribution >= 0.6 is 0 Å². The zero-order valence-corrected chi connectivity index (χ0v) is 18.8. The van der Waals surface area contributed by atoms with E-state index in [1.807, 2.05) is 59.5 Å². The number of benzene rings is 2. The van der Waals surface area contributed by atoms with E-state index in [1.54, 1.807) is 13.2 Å². The highest BCUT2D eigenvalue weighted by molar-refractivity contribution is 5.94. The molecule has 1 fully saturated rings. The molecule has 0 unspecified atom stereocenters. The van der Waals surface area contributed by atoms with Gasteiger partial charge in [-0.05, 0) is 49.1 Å². The second-order valence-corrected chi connectivity index (χ2v) is 8.27. The van der Waals surface area contributed by atoms with Crippen LogP contribution in [0, 0.1) is 0 Å². The second kappa shape index (κ2) is 10.8. The van der Waals surface area contributed by atoms with Crippen LogP contribution in [0.25, 0.3) is 0 Å². The first-order valence-electron chi connectivity index (χ1n) is 11.4. The summed E-state index contributed by atoms with van der Waals surface area (Å²) in [7, 11) is 1.63. The zero-order chi connectivity index (χ0) is 23.0. The Morgan fingerprint density at radius 3 is 2.52 bits per heavy atom. The Bertz CT molecular complexity index is 1060. The summed E-state index contributed by atoms with van der Waals surface area (Å²) in [6, 6.07) is 18.8. The SMILES string of the molecule is COc1ccc(CCNC(=O)c2cc(CN(C(=O)c3ccccc3)C3CCCC3)on2)cc1. The first kappa shape index (κ1) is 22.6. The van der Waals surface area contributed by atoms with Gasteiger partial charge in [-0.15, -0.1) is 0 Å². The van der Waals surface area contributed by atoms with Crippen LogP contribution < -0.4 is 10.1 Å². The minimum absolute atomic E-state index is 0.0237. The van der Waals surface area contributed by atoms with Gasteiger partial charge in [-0.1, -0.05) is 48.3 Å². The number of hydrogen-bond donors (Lipinski definition) is 1.